The molecule has 2 aromatic rings. The molecule has 144 valence electrons. The first kappa shape index (κ1) is 19.4. The van der Waals surface area contributed by atoms with Crippen LogP contribution in [0.15, 0.2) is 42.5 Å². The molecule has 0 bridgehead atoms. The van der Waals surface area contributed by atoms with Crippen LogP contribution in [0.3, 0.4) is 0 Å². The number of alkyl halides is 2. The van der Waals surface area contributed by atoms with Gasteiger partial charge in [0.2, 0.25) is 5.91 Å². The Balaban J connectivity index is 2.07. The van der Waals surface area contributed by atoms with Crippen molar-refractivity contribution >= 4 is 11.9 Å². The normalized spacial score (nSPS) is 19.9. The van der Waals surface area contributed by atoms with Gasteiger partial charge >= 0.3 is 0 Å². The van der Waals surface area contributed by atoms with Gasteiger partial charge in [0.1, 0.15) is 11.9 Å². The quantitative estimate of drug-likeness (QED) is 0.845. The van der Waals surface area contributed by atoms with E-state index in [0.29, 0.717) is 11.1 Å². The highest BCUT2D eigenvalue weighted by atomic mass is 19.3. The molecule has 2 aromatic carbocycles. The maximum absolute atomic E-state index is 13.7. The lowest BCUT2D eigenvalue weighted by Gasteiger charge is -2.38. The minimum absolute atomic E-state index is 0.147. The summed E-state index contributed by atoms with van der Waals surface area (Å²) in [7, 11) is 1.43. The van der Waals surface area contributed by atoms with Gasteiger partial charge in [-0.15, -0.1) is 0 Å². The van der Waals surface area contributed by atoms with E-state index in [0.717, 1.165) is 17.9 Å². The first-order chi connectivity index (χ1) is 13.1. The molecular formula is C20H17F3N4O. The van der Waals surface area contributed by atoms with Crippen molar-refractivity contribution in [2.24, 2.45) is 0 Å². The number of amides is 1. The fraction of sp³-hybridized carbons (Fsp3) is 0.250. The van der Waals surface area contributed by atoms with Crippen LogP contribution in [-0.2, 0) is 10.7 Å². The number of nitrogens with one attached hydrogen (secondary N) is 2. The number of halogens is 3. The third kappa shape index (κ3) is 3.43. The van der Waals surface area contributed by atoms with E-state index in [9.17, 15) is 18.0 Å². The van der Waals surface area contributed by atoms with Crippen molar-refractivity contribution in [1.29, 1.82) is 10.7 Å². The Kier molecular flexibility index (Phi) is 4.86. The van der Waals surface area contributed by atoms with Gasteiger partial charge in [-0.3, -0.25) is 15.1 Å². The standard InChI is InChI=1S/C20H17F3N4O/c1-20(22,23)14-6-3-11(4-7-14)16-17(26-19(25)27(2)18(16)28)12-5-8-15(21)13(9-12)10-24/h3-9,16-17H,1-2H3,(H2,25,26)/t16-,17-/m1/s1. The number of nitriles is 1. The summed E-state index contributed by atoms with van der Waals surface area (Å²) < 4.78 is 40.7. The molecule has 0 radical (unpaired) electrons. The highest BCUT2D eigenvalue weighted by Crippen LogP contribution is 2.37. The Bertz CT molecular complexity index is 976. The zero-order chi connectivity index (χ0) is 20.6. The van der Waals surface area contributed by atoms with Crippen LogP contribution in [0.1, 0.15) is 41.1 Å². The van der Waals surface area contributed by atoms with Crippen LogP contribution >= 0.6 is 0 Å². The first-order valence-electron chi connectivity index (χ1n) is 8.44. The van der Waals surface area contributed by atoms with Gasteiger partial charge in [0.15, 0.2) is 5.96 Å². The first-order valence-corrected chi connectivity index (χ1v) is 8.44. The monoisotopic (exact) mass is 386 g/mol. The van der Waals surface area contributed by atoms with E-state index in [1.54, 1.807) is 6.07 Å². The Morgan fingerprint density at radius 3 is 2.36 bits per heavy atom. The van der Waals surface area contributed by atoms with Crippen LogP contribution in [0, 0.1) is 22.6 Å². The van der Waals surface area contributed by atoms with Gasteiger partial charge in [-0.25, -0.2) is 13.2 Å². The van der Waals surface area contributed by atoms with E-state index in [4.69, 9.17) is 10.7 Å². The predicted molar refractivity (Wildman–Crippen MR) is 96.2 cm³/mol. The number of rotatable bonds is 3. The van der Waals surface area contributed by atoms with Gasteiger partial charge in [0.05, 0.1) is 17.5 Å². The largest absolute Gasteiger partial charge is 0.348 e. The van der Waals surface area contributed by atoms with Crippen molar-refractivity contribution in [3.63, 3.8) is 0 Å². The summed E-state index contributed by atoms with van der Waals surface area (Å²) in [4.78, 5) is 14.0. The van der Waals surface area contributed by atoms with Gasteiger partial charge < -0.3 is 5.32 Å². The molecule has 28 heavy (non-hydrogen) atoms. The molecule has 5 nitrogen and oxygen atoms in total. The molecule has 1 aliphatic heterocycles. The van der Waals surface area contributed by atoms with Gasteiger partial charge in [0, 0.05) is 19.5 Å². The topological polar surface area (TPSA) is 80.0 Å². The molecule has 8 heteroatoms. The van der Waals surface area contributed by atoms with Gasteiger partial charge in [0.25, 0.3) is 5.92 Å². The molecule has 1 aliphatic rings. The zero-order valence-electron chi connectivity index (χ0n) is 15.1. The van der Waals surface area contributed by atoms with Crippen molar-refractivity contribution in [2.75, 3.05) is 7.05 Å². The fourth-order valence-electron chi connectivity index (χ4n) is 3.20. The molecular weight excluding hydrogens is 369 g/mol. The predicted octanol–water partition coefficient (Wildman–Crippen LogP) is 3.63. The van der Waals surface area contributed by atoms with Crippen LogP contribution in [0.2, 0.25) is 0 Å². The lowest BCUT2D eigenvalue weighted by Crippen LogP contribution is -2.53. The molecule has 1 amide bonds. The maximum atomic E-state index is 13.7. The van der Waals surface area contributed by atoms with Crippen LogP contribution < -0.4 is 5.32 Å². The van der Waals surface area contributed by atoms with Crippen molar-refractivity contribution in [3.8, 4) is 6.07 Å². The number of hydrogen-bond acceptors (Lipinski definition) is 3. The van der Waals surface area contributed by atoms with E-state index < -0.39 is 29.6 Å². The highest BCUT2D eigenvalue weighted by molar-refractivity contribution is 6.01. The summed E-state index contributed by atoms with van der Waals surface area (Å²) in [6.07, 6.45) is 0. The van der Waals surface area contributed by atoms with E-state index >= 15 is 0 Å². The van der Waals surface area contributed by atoms with Gasteiger partial charge in [-0.2, -0.15) is 5.26 Å². The molecule has 0 unspecified atom stereocenters. The van der Waals surface area contributed by atoms with Crippen molar-refractivity contribution in [1.82, 2.24) is 10.2 Å². The number of benzene rings is 2. The number of likely N-dealkylation sites (N-methyl/N-ethyl adjacent to an activating group) is 1. The van der Waals surface area contributed by atoms with Crippen LogP contribution in [0.4, 0.5) is 13.2 Å². The van der Waals surface area contributed by atoms with E-state index in [-0.39, 0.29) is 17.1 Å². The molecule has 0 saturated carbocycles. The van der Waals surface area contributed by atoms with Crippen molar-refractivity contribution in [3.05, 3.63) is 70.5 Å². The van der Waals surface area contributed by atoms with Crippen LogP contribution in [0.5, 0.6) is 0 Å². The zero-order valence-corrected chi connectivity index (χ0v) is 15.1. The SMILES string of the molecule is CN1C(=N)N[C@H](c2ccc(F)c(C#N)c2)[C@@H](c2ccc(C(C)(F)F)cc2)C1=O. The lowest BCUT2D eigenvalue weighted by atomic mass is 9.83. The van der Waals surface area contributed by atoms with Crippen LogP contribution in [-0.4, -0.2) is 23.8 Å². The molecule has 0 aromatic heterocycles. The number of carbonyl (C=O) groups excluding carboxylic acids is 1. The minimum Gasteiger partial charge on any atom is -0.348 e. The summed E-state index contributed by atoms with van der Waals surface area (Å²) in [5.41, 5.74) is 0.548. The molecule has 0 spiro atoms. The molecule has 1 heterocycles. The minimum atomic E-state index is -3.01. The van der Waals surface area contributed by atoms with Gasteiger partial charge in [-0.05, 0) is 23.3 Å². The van der Waals surface area contributed by atoms with E-state index in [1.165, 1.54) is 43.4 Å². The maximum Gasteiger partial charge on any atom is 0.270 e. The molecule has 0 aliphatic carbocycles. The van der Waals surface area contributed by atoms with Crippen LogP contribution in [0.25, 0.3) is 0 Å². The second-order valence-electron chi connectivity index (χ2n) is 6.71. The Morgan fingerprint density at radius 1 is 1.18 bits per heavy atom. The molecule has 2 N–H and O–H groups in total. The summed E-state index contributed by atoms with van der Waals surface area (Å²) in [6.45, 7) is 0.787. The second kappa shape index (κ2) is 7.00. The lowest BCUT2D eigenvalue weighted by molar-refractivity contribution is -0.130. The smallest absolute Gasteiger partial charge is 0.270 e. The fourth-order valence-corrected chi connectivity index (χ4v) is 3.20. The Labute approximate surface area is 159 Å². The number of guanidine groups is 1. The summed E-state index contributed by atoms with van der Waals surface area (Å²) in [5.74, 6) is -5.09. The van der Waals surface area contributed by atoms with E-state index in [2.05, 4.69) is 5.32 Å². The number of carbonyl (C=O) groups is 1. The Hall–Kier alpha value is -3.34. The molecule has 3 rings (SSSR count). The second-order valence-corrected chi connectivity index (χ2v) is 6.71. The highest BCUT2D eigenvalue weighted by Gasteiger charge is 2.40. The summed E-state index contributed by atoms with van der Waals surface area (Å²) in [5, 5.41) is 19.9. The number of nitrogens with zero attached hydrogens (tertiary/aromatic N) is 2. The number of hydrogen-bond donors (Lipinski definition) is 2. The van der Waals surface area contributed by atoms with Gasteiger partial charge in [-0.1, -0.05) is 30.3 Å². The molecule has 2 atom stereocenters. The van der Waals surface area contributed by atoms with Crippen molar-refractivity contribution < 1.29 is 18.0 Å². The Morgan fingerprint density at radius 2 is 1.79 bits per heavy atom. The third-order valence-corrected chi connectivity index (χ3v) is 4.80. The van der Waals surface area contributed by atoms with E-state index in [1.807, 2.05) is 0 Å². The average Bonchev–Trinajstić information content (AvgIpc) is 2.66. The molecule has 1 fully saturated rings. The average molecular weight is 386 g/mol. The summed E-state index contributed by atoms with van der Waals surface area (Å²) in [6, 6.07) is 10.3. The molecule has 1 saturated heterocycles. The van der Waals surface area contributed by atoms with Crippen molar-refractivity contribution in [2.45, 2.75) is 24.8 Å². The third-order valence-electron chi connectivity index (χ3n) is 4.80. The summed E-state index contributed by atoms with van der Waals surface area (Å²) >= 11 is 0.